The van der Waals surface area contributed by atoms with Gasteiger partial charge in [-0.2, -0.15) is 0 Å². The number of aldehydes is 1. The molecule has 116 valence electrons. The number of anilines is 1. The second-order valence-electron chi connectivity index (χ2n) is 4.90. The molecule has 0 spiro atoms. The Kier molecular flexibility index (Phi) is 3.99. The predicted octanol–water partition coefficient (Wildman–Crippen LogP) is 3.09. The van der Waals surface area contributed by atoms with Crippen LogP contribution in [0.25, 0.3) is 5.69 Å². The quantitative estimate of drug-likeness (QED) is 0.733. The van der Waals surface area contributed by atoms with Gasteiger partial charge in [0, 0.05) is 18.0 Å². The third kappa shape index (κ3) is 3.17. The van der Waals surface area contributed by atoms with Crippen molar-refractivity contribution in [3.8, 4) is 5.69 Å². The zero-order valence-corrected chi connectivity index (χ0v) is 12.9. The second kappa shape index (κ2) is 6.10. The lowest BCUT2D eigenvalue weighted by Gasteiger charge is -2.14. The van der Waals surface area contributed by atoms with Crippen molar-refractivity contribution in [1.82, 2.24) is 4.57 Å². The Bertz CT molecular complexity index is 918. The highest BCUT2D eigenvalue weighted by Gasteiger charge is 2.16. The highest BCUT2D eigenvalue weighted by Crippen LogP contribution is 2.25. The van der Waals surface area contributed by atoms with Gasteiger partial charge in [-0.25, -0.2) is 8.42 Å². The Morgan fingerprint density at radius 1 is 0.913 bits per heavy atom. The van der Waals surface area contributed by atoms with Crippen LogP contribution >= 0.6 is 0 Å². The van der Waals surface area contributed by atoms with Crippen LogP contribution in [0.2, 0.25) is 0 Å². The summed E-state index contributed by atoms with van der Waals surface area (Å²) in [7, 11) is -3.73. The Hall–Kier alpha value is -2.86. The van der Waals surface area contributed by atoms with Gasteiger partial charge in [-0.05, 0) is 42.5 Å². The van der Waals surface area contributed by atoms with Crippen LogP contribution < -0.4 is 4.72 Å². The van der Waals surface area contributed by atoms with E-state index in [0.29, 0.717) is 23.2 Å². The third-order valence-electron chi connectivity index (χ3n) is 3.34. The summed E-state index contributed by atoms with van der Waals surface area (Å²) in [5, 5.41) is 0. The minimum Gasteiger partial charge on any atom is -0.322 e. The summed E-state index contributed by atoms with van der Waals surface area (Å²) < 4.78 is 29.4. The molecule has 23 heavy (non-hydrogen) atoms. The first kappa shape index (κ1) is 15.1. The summed E-state index contributed by atoms with van der Waals surface area (Å²) in [5.74, 6) is 0. The number of nitrogens with one attached hydrogen (secondary N) is 1. The summed E-state index contributed by atoms with van der Waals surface area (Å²) in [6, 6.07) is 16.6. The summed E-state index contributed by atoms with van der Waals surface area (Å²) >= 11 is 0. The van der Waals surface area contributed by atoms with Gasteiger partial charge in [0.25, 0.3) is 10.0 Å². The standard InChI is InChI=1S/C17H14N2O3S/c20-13-14-8-9-17(19-10-4-5-11-19)16(12-14)18-23(21,22)15-6-2-1-3-7-15/h1-13,18H. The Morgan fingerprint density at radius 3 is 2.26 bits per heavy atom. The van der Waals surface area contributed by atoms with E-state index in [1.165, 1.54) is 18.2 Å². The van der Waals surface area contributed by atoms with Gasteiger partial charge < -0.3 is 4.57 Å². The number of carbonyl (C=O) groups is 1. The van der Waals surface area contributed by atoms with E-state index >= 15 is 0 Å². The molecule has 0 aliphatic rings. The van der Waals surface area contributed by atoms with Crippen LogP contribution in [0.4, 0.5) is 5.69 Å². The molecule has 0 bridgehead atoms. The lowest BCUT2D eigenvalue weighted by Crippen LogP contribution is -2.14. The number of hydrogen-bond donors (Lipinski definition) is 1. The molecule has 0 aliphatic heterocycles. The molecule has 0 aliphatic carbocycles. The number of nitrogens with zero attached hydrogens (tertiary/aromatic N) is 1. The van der Waals surface area contributed by atoms with Gasteiger partial charge in [0.05, 0.1) is 16.3 Å². The lowest BCUT2D eigenvalue weighted by atomic mass is 10.2. The van der Waals surface area contributed by atoms with Crippen molar-refractivity contribution < 1.29 is 13.2 Å². The Labute approximate surface area is 134 Å². The maximum atomic E-state index is 12.5. The molecule has 0 amide bonds. The van der Waals surface area contributed by atoms with Gasteiger partial charge in [-0.15, -0.1) is 0 Å². The Balaban J connectivity index is 2.07. The molecule has 1 N–H and O–H groups in total. The smallest absolute Gasteiger partial charge is 0.261 e. The molecule has 3 aromatic rings. The number of benzene rings is 2. The first-order valence-corrected chi connectivity index (χ1v) is 8.39. The zero-order chi connectivity index (χ0) is 16.3. The average Bonchev–Trinajstić information content (AvgIpc) is 3.09. The second-order valence-corrected chi connectivity index (χ2v) is 6.59. The van der Waals surface area contributed by atoms with Crippen molar-refractivity contribution in [1.29, 1.82) is 0 Å². The maximum absolute atomic E-state index is 12.5. The number of aromatic nitrogens is 1. The summed E-state index contributed by atoms with van der Waals surface area (Å²) in [6.07, 6.45) is 4.28. The highest BCUT2D eigenvalue weighted by molar-refractivity contribution is 7.92. The molecule has 3 rings (SSSR count). The van der Waals surface area contributed by atoms with E-state index in [9.17, 15) is 13.2 Å². The first-order valence-electron chi connectivity index (χ1n) is 6.90. The van der Waals surface area contributed by atoms with Crippen molar-refractivity contribution in [2.24, 2.45) is 0 Å². The van der Waals surface area contributed by atoms with Crippen LogP contribution in [-0.2, 0) is 10.0 Å². The topological polar surface area (TPSA) is 68.2 Å². The molecule has 0 saturated carbocycles. The molecule has 0 saturated heterocycles. The predicted molar refractivity (Wildman–Crippen MR) is 88.4 cm³/mol. The molecular weight excluding hydrogens is 312 g/mol. The van der Waals surface area contributed by atoms with E-state index in [4.69, 9.17) is 0 Å². The molecule has 6 heteroatoms. The van der Waals surface area contributed by atoms with Crippen molar-refractivity contribution in [3.05, 3.63) is 78.6 Å². The minimum absolute atomic E-state index is 0.162. The number of sulfonamides is 1. The van der Waals surface area contributed by atoms with E-state index in [1.807, 2.05) is 12.1 Å². The summed E-state index contributed by atoms with van der Waals surface area (Å²) in [5.41, 5.74) is 1.38. The average molecular weight is 326 g/mol. The fourth-order valence-electron chi connectivity index (χ4n) is 2.23. The highest BCUT2D eigenvalue weighted by atomic mass is 32.2. The summed E-state index contributed by atoms with van der Waals surface area (Å²) in [6.45, 7) is 0. The number of rotatable bonds is 5. The minimum atomic E-state index is -3.73. The van der Waals surface area contributed by atoms with Gasteiger partial charge in [0.15, 0.2) is 0 Å². The van der Waals surface area contributed by atoms with E-state index in [0.717, 1.165) is 0 Å². The van der Waals surface area contributed by atoms with Gasteiger partial charge in [-0.3, -0.25) is 9.52 Å². The Morgan fingerprint density at radius 2 is 1.61 bits per heavy atom. The van der Waals surface area contributed by atoms with Crippen LogP contribution in [0.1, 0.15) is 10.4 Å². The van der Waals surface area contributed by atoms with Crippen LogP contribution in [0.3, 0.4) is 0 Å². The lowest BCUT2D eigenvalue weighted by molar-refractivity contribution is 0.112. The van der Waals surface area contributed by atoms with E-state index in [1.54, 1.807) is 47.3 Å². The van der Waals surface area contributed by atoms with Crippen LogP contribution in [-0.4, -0.2) is 19.3 Å². The van der Waals surface area contributed by atoms with Crippen LogP contribution in [0.5, 0.6) is 0 Å². The van der Waals surface area contributed by atoms with Crippen molar-refractivity contribution in [2.75, 3.05) is 4.72 Å². The van der Waals surface area contributed by atoms with Gasteiger partial charge in [0.1, 0.15) is 6.29 Å². The van der Waals surface area contributed by atoms with Crippen molar-refractivity contribution in [3.63, 3.8) is 0 Å². The van der Waals surface area contributed by atoms with Crippen LogP contribution in [0, 0.1) is 0 Å². The van der Waals surface area contributed by atoms with E-state index < -0.39 is 10.0 Å². The van der Waals surface area contributed by atoms with Crippen molar-refractivity contribution >= 4 is 22.0 Å². The molecule has 5 nitrogen and oxygen atoms in total. The molecule has 1 heterocycles. The maximum Gasteiger partial charge on any atom is 0.261 e. The van der Waals surface area contributed by atoms with Gasteiger partial charge in [0.2, 0.25) is 0 Å². The zero-order valence-electron chi connectivity index (χ0n) is 12.1. The monoisotopic (exact) mass is 326 g/mol. The molecule has 0 fully saturated rings. The van der Waals surface area contributed by atoms with Crippen LogP contribution in [0.15, 0.2) is 78.0 Å². The van der Waals surface area contributed by atoms with Crippen molar-refractivity contribution in [2.45, 2.75) is 4.90 Å². The van der Waals surface area contributed by atoms with Gasteiger partial charge in [-0.1, -0.05) is 18.2 Å². The fourth-order valence-corrected chi connectivity index (χ4v) is 3.32. The molecule has 1 aromatic heterocycles. The number of carbonyl (C=O) groups excluding carboxylic acids is 1. The number of hydrogen-bond acceptors (Lipinski definition) is 3. The largest absolute Gasteiger partial charge is 0.322 e. The molecular formula is C17H14N2O3S. The molecule has 2 aromatic carbocycles. The first-order chi connectivity index (χ1) is 11.1. The van der Waals surface area contributed by atoms with E-state index in [-0.39, 0.29) is 4.90 Å². The molecule has 0 atom stereocenters. The summed E-state index contributed by atoms with van der Waals surface area (Å²) in [4.78, 5) is 11.2. The molecule has 0 unspecified atom stereocenters. The molecule has 0 radical (unpaired) electrons. The van der Waals surface area contributed by atoms with E-state index in [2.05, 4.69) is 4.72 Å². The normalized spacial score (nSPS) is 11.1. The SMILES string of the molecule is O=Cc1ccc(-n2cccc2)c(NS(=O)(=O)c2ccccc2)c1. The fraction of sp³-hybridized carbons (Fsp3) is 0. The van der Waals surface area contributed by atoms with Gasteiger partial charge >= 0.3 is 0 Å². The third-order valence-corrected chi connectivity index (χ3v) is 4.72.